The second kappa shape index (κ2) is 6.15. The Bertz CT molecular complexity index is 633. The number of carbonyl (C=O) groups excluding carboxylic acids is 1. The number of hydrogen-bond donors (Lipinski definition) is 2. The molecule has 7 heteroatoms. The van der Waals surface area contributed by atoms with Gasteiger partial charge in [0.1, 0.15) is 4.88 Å². The Kier molecular flexibility index (Phi) is 4.51. The highest BCUT2D eigenvalue weighted by Gasteiger charge is 2.17. The first kappa shape index (κ1) is 14.7. The van der Waals surface area contributed by atoms with Crippen LogP contribution in [0.15, 0.2) is 17.5 Å². The molecule has 2 aromatic rings. The lowest BCUT2D eigenvalue weighted by Gasteiger charge is -2.10. The van der Waals surface area contributed by atoms with E-state index in [9.17, 15) is 9.59 Å². The first-order valence-electron chi connectivity index (χ1n) is 6.09. The Hall–Kier alpha value is -1.73. The molecule has 0 spiro atoms. The standard InChI is InChI=1S/C13H14N2O3S2/c1-3-11-15-8(6-19-11)7(2)14-12(16)9-4-5-10(20-9)13(17)18/h4-7H,3H2,1-2H3,(H,14,16)(H,17,18). The van der Waals surface area contributed by atoms with Crippen molar-refractivity contribution in [2.24, 2.45) is 0 Å². The minimum Gasteiger partial charge on any atom is -0.477 e. The number of aryl methyl sites for hydroxylation is 1. The molecule has 2 N–H and O–H groups in total. The Morgan fingerprint density at radius 3 is 2.65 bits per heavy atom. The zero-order valence-corrected chi connectivity index (χ0v) is 12.7. The van der Waals surface area contributed by atoms with Crippen LogP contribution < -0.4 is 5.32 Å². The van der Waals surface area contributed by atoms with E-state index in [2.05, 4.69) is 10.3 Å². The number of aromatic carboxylic acids is 1. The number of carbonyl (C=O) groups is 2. The number of rotatable bonds is 5. The summed E-state index contributed by atoms with van der Waals surface area (Å²) in [6.07, 6.45) is 0.873. The zero-order chi connectivity index (χ0) is 14.7. The lowest BCUT2D eigenvalue weighted by Crippen LogP contribution is -2.26. The zero-order valence-electron chi connectivity index (χ0n) is 11.0. The van der Waals surface area contributed by atoms with Crippen molar-refractivity contribution < 1.29 is 14.7 Å². The average Bonchev–Trinajstić information content (AvgIpc) is 3.07. The molecule has 0 saturated heterocycles. The molecule has 1 atom stereocenters. The van der Waals surface area contributed by atoms with Crippen molar-refractivity contribution in [1.29, 1.82) is 0 Å². The molecular weight excluding hydrogens is 296 g/mol. The maximum Gasteiger partial charge on any atom is 0.345 e. The molecule has 2 rings (SSSR count). The lowest BCUT2D eigenvalue weighted by atomic mass is 10.2. The number of nitrogens with zero attached hydrogens (tertiary/aromatic N) is 1. The minimum atomic E-state index is -1.02. The maximum atomic E-state index is 12.0. The van der Waals surface area contributed by atoms with Crippen molar-refractivity contribution in [3.8, 4) is 0 Å². The molecule has 0 fully saturated rings. The quantitative estimate of drug-likeness (QED) is 0.890. The number of nitrogens with one attached hydrogen (secondary N) is 1. The molecule has 0 aliphatic rings. The predicted molar refractivity (Wildman–Crippen MR) is 78.7 cm³/mol. The van der Waals surface area contributed by atoms with E-state index >= 15 is 0 Å². The van der Waals surface area contributed by atoms with Gasteiger partial charge in [0.2, 0.25) is 0 Å². The van der Waals surface area contributed by atoms with Gasteiger partial charge < -0.3 is 10.4 Å². The van der Waals surface area contributed by atoms with Gasteiger partial charge in [0.15, 0.2) is 0 Å². The second-order valence-corrected chi connectivity index (χ2v) is 6.21. The molecule has 0 radical (unpaired) electrons. The summed E-state index contributed by atoms with van der Waals surface area (Å²) in [5, 5.41) is 14.6. The first-order valence-corrected chi connectivity index (χ1v) is 7.79. The molecule has 1 amide bonds. The first-order chi connectivity index (χ1) is 9.51. The fourth-order valence-electron chi connectivity index (χ4n) is 1.60. The molecule has 2 heterocycles. The van der Waals surface area contributed by atoms with E-state index in [1.807, 2.05) is 19.2 Å². The van der Waals surface area contributed by atoms with Crippen molar-refractivity contribution in [3.63, 3.8) is 0 Å². The van der Waals surface area contributed by atoms with E-state index in [1.54, 1.807) is 11.3 Å². The fraction of sp³-hybridized carbons (Fsp3) is 0.308. The topological polar surface area (TPSA) is 79.3 Å². The van der Waals surface area contributed by atoms with Gasteiger partial charge in [0, 0.05) is 5.38 Å². The third-order valence-corrected chi connectivity index (χ3v) is 4.79. The number of amides is 1. The van der Waals surface area contributed by atoms with Crippen molar-refractivity contribution in [3.05, 3.63) is 38.0 Å². The van der Waals surface area contributed by atoms with E-state index in [4.69, 9.17) is 5.11 Å². The van der Waals surface area contributed by atoms with Crippen LogP contribution in [0.4, 0.5) is 0 Å². The number of carboxylic acids is 1. The minimum absolute atomic E-state index is 0.157. The van der Waals surface area contributed by atoms with Crippen molar-refractivity contribution in [1.82, 2.24) is 10.3 Å². The molecule has 106 valence electrons. The van der Waals surface area contributed by atoms with Crippen LogP contribution in [-0.2, 0) is 6.42 Å². The van der Waals surface area contributed by atoms with E-state index in [-0.39, 0.29) is 16.8 Å². The van der Waals surface area contributed by atoms with E-state index < -0.39 is 5.97 Å². The molecule has 0 aliphatic heterocycles. The van der Waals surface area contributed by atoms with Gasteiger partial charge >= 0.3 is 5.97 Å². The normalized spacial score (nSPS) is 12.1. The van der Waals surface area contributed by atoms with Crippen LogP contribution >= 0.6 is 22.7 Å². The van der Waals surface area contributed by atoms with Gasteiger partial charge in [0.25, 0.3) is 5.91 Å². The molecule has 5 nitrogen and oxygen atoms in total. The van der Waals surface area contributed by atoms with Crippen LogP contribution in [0.1, 0.15) is 49.9 Å². The van der Waals surface area contributed by atoms with Crippen molar-refractivity contribution >= 4 is 34.6 Å². The lowest BCUT2D eigenvalue weighted by molar-refractivity contribution is 0.0702. The van der Waals surface area contributed by atoms with E-state index in [0.717, 1.165) is 28.5 Å². The number of thiazole rings is 1. The van der Waals surface area contributed by atoms with E-state index in [1.165, 1.54) is 12.1 Å². The highest BCUT2D eigenvalue weighted by molar-refractivity contribution is 7.15. The highest BCUT2D eigenvalue weighted by atomic mass is 32.1. The molecule has 0 aromatic carbocycles. The molecule has 0 bridgehead atoms. The Balaban J connectivity index is 2.04. The van der Waals surface area contributed by atoms with Crippen LogP contribution in [0.5, 0.6) is 0 Å². The summed E-state index contributed by atoms with van der Waals surface area (Å²) in [7, 11) is 0. The van der Waals surface area contributed by atoms with Crippen LogP contribution in [0.3, 0.4) is 0 Å². The predicted octanol–water partition coefficient (Wildman–Crippen LogP) is 2.96. The van der Waals surface area contributed by atoms with Crippen molar-refractivity contribution in [2.75, 3.05) is 0 Å². The average molecular weight is 310 g/mol. The number of thiophene rings is 1. The van der Waals surface area contributed by atoms with Crippen LogP contribution in [0.2, 0.25) is 0 Å². The van der Waals surface area contributed by atoms with Gasteiger partial charge in [-0.25, -0.2) is 9.78 Å². The summed E-state index contributed by atoms with van der Waals surface area (Å²) in [6.45, 7) is 3.89. The van der Waals surface area contributed by atoms with Gasteiger partial charge in [-0.2, -0.15) is 0 Å². The summed E-state index contributed by atoms with van der Waals surface area (Å²) >= 11 is 2.54. The fourth-order valence-corrected chi connectivity index (χ4v) is 3.19. The Morgan fingerprint density at radius 2 is 2.10 bits per heavy atom. The third kappa shape index (κ3) is 3.23. The van der Waals surface area contributed by atoms with Crippen LogP contribution in [0, 0.1) is 0 Å². The Labute approximate surface area is 124 Å². The molecule has 0 aliphatic carbocycles. The summed E-state index contributed by atoms with van der Waals surface area (Å²) < 4.78 is 0. The molecule has 0 saturated carbocycles. The van der Waals surface area contributed by atoms with Gasteiger partial charge in [-0.3, -0.25) is 4.79 Å². The number of carboxylic acid groups (broad SMARTS) is 1. The molecule has 20 heavy (non-hydrogen) atoms. The van der Waals surface area contributed by atoms with Gasteiger partial charge in [-0.05, 0) is 25.5 Å². The van der Waals surface area contributed by atoms with Crippen LogP contribution in [0.25, 0.3) is 0 Å². The smallest absolute Gasteiger partial charge is 0.345 e. The van der Waals surface area contributed by atoms with Crippen LogP contribution in [-0.4, -0.2) is 22.0 Å². The monoisotopic (exact) mass is 310 g/mol. The Morgan fingerprint density at radius 1 is 1.40 bits per heavy atom. The summed E-state index contributed by atoms with van der Waals surface area (Å²) in [5.74, 6) is -1.30. The summed E-state index contributed by atoms with van der Waals surface area (Å²) in [6, 6.07) is 2.76. The molecular formula is C13H14N2O3S2. The molecule has 1 unspecified atom stereocenters. The maximum absolute atomic E-state index is 12.0. The number of aromatic nitrogens is 1. The van der Waals surface area contributed by atoms with Crippen molar-refractivity contribution in [2.45, 2.75) is 26.3 Å². The summed E-state index contributed by atoms with van der Waals surface area (Å²) in [4.78, 5) is 27.8. The molecule has 2 aromatic heterocycles. The highest BCUT2D eigenvalue weighted by Crippen LogP contribution is 2.20. The van der Waals surface area contributed by atoms with Gasteiger partial charge in [-0.15, -0.1) is 22.7 Å². The second-order valence-electron chi connectivity index (χ2n) is 4.18. The number of hydrogen-bond acceptors (Lipinski definition) is 5. The third-order valence-electron chi connectivity index (χ3n) is 2.70. The summed E-state index contributed by atoms with van der Waals surface area (Å²) in [5.41, 5.74) is 0.829. The SMILES string of the molecule is CCc1nc(C(C)NC(=O)c2ccc(C(=O)O)s2)cs1. The largest absolute Gasteiger partial charge is 0.477 e. The van der Waals surface area contributed by atoms with E-state index in [0.29, 0.717) is 4.88 Å². The van der Waals surface area contributed by atoms with Gasteiger partial charge in [-0.1, -0.05) is 6.92 Å². The van der Waals surface area contributed by atoms with Gasteiger partial charge in [0.05, 0.1) is 21.6 Å².